The van der Waals surface area contributed by atoms with Gasteiger partial charge < -0.3 is 16.4 Å². The molecule has 2 atom stereocenters. The van der Waals surface area contributed by atoms with Crippen molar-refractivity contribution < 1.29 is 4.79 Å². The number of benzene rings is 1. The van der Waals surface area contributed by atoms with Gasteiger partial charge in [-0.3, -0.25) is 4.79 Å². The van der Waals surface area contributed by atoms with Crippen LogP contribution in [-0.2, 0) is 0 Å². The van der Waals surface area contributed by atoms with Gasteiger partial charge in [0.15, 0.2) is 0 Å². The standard InChI is InChI=1S/C15H22ClN3O/c1-2-19(14-5-3-4-10(14)9-17)11-6-7-12(15(18)20)13(16)8-11/h6-8,10,14H,2-5,9,17H2,1H3,(H2,18,20). The number of hydrogen-bond acceptors (Lipinski definition) is 3. The third-order valence-corrected chi connectivity index (χ3v) is 4.53. The topological polar surface area (TPSA) is 72.3 Å². The normalized spacial score (nSPS) is 21.9. The van der Waals surface area contributed by atoms with E-state index in [2.05, 4.69) is 11.8 Å². The van der Waals surface area contributed by atoms with Crippen molar-refractivity contribution in [3.63, 3.8) is 0 Å². The monoisotopic (exact) mass is 295 g/mol. The first-order valence-electron chi connectivity index (χ1n) is 7.14. The molecule has 2 unspecified atom stereocenters. The molecule has 0 radical (unpaired) electrons. The number of primary amides is 1. The molecule has 1 fully saturated rings. The van der Waals surface area contributed by atoms with Gasteiger partial charge in [-0.25, -0.2) is 0 Å². The molecule has 1 saturated carbocycles. The number of carbonyl (C=O) groups excluding carboxylic acids is 1. The van der Waals surface area contributed by atoms with Gasteiger partial charge in [0, 0.05) is 18.3 Å². The summed E-state index contributed by atoms with van der Waals surface area (Å²) in [6.45, 7) is 3.74. The molecule has 4 N–H and O–H groups in total. The second-order valence-electron chi connectivity index (χ2n) is 5.31. The molecule has 4 nitrogen and oxygen atoms in total. The number of anilines is 1. The van der Waals surface area contributed by atoms with Crippen molar-refractivity contribution in [1.29, 1.82) is 0 Å². The van der Waals surface area contributed by atoms with Gasteiger partial charge in [0.2, 0.25) is 5.91 Å². The summed E-state index contributed by atoms with van der Waals surface area (Å²) in [5.41, 5.74) is 12.6. The van der Waals surface area contributed by atoms with E-state index in [9.17, 15) is 4.79 Å². The van der Waals surface area contributed by atoms with E-state index >= 15 is 0 Å². The molecule has 1 aromatic rings. The van der Waals surface area contributed by atoms with Crippen LogP contribution in [0.15, 0.2) is 18.2 Å². The Morgan fingerprint density at radius 1 is 1.45 bits per heavy atom. The molecule has 1 aromatic carbocycles. The molecule has 0 saturated heterocycles. The van der Waals surface area contributed by atoms with Crippen molar-refractivity contribution in [1.82, 2.24) is 0 Å². The highest BCUT2D eigenvalue weighted by molar-refractivity contribution is 6.34. The van der Waals surface area contributed by atoms with E-state index in [-0.39, 0.29) is 0 Å². The van der Waals surface area contributed by atoms with E-state index in [4.69, 9.17) is 23.1 Å². The van der Waals surface area contributed by atoms with Crippen LogP contribution in [0.3, 0.4) is 0 Å². The lowest BCUT2D eigenvalue weighted by atomic mass is 10.0. The first kappa shape index (κ1) is 15.1. The van der Waals surface area contributed by atoms with E-state index in [1.807, 2.05) is 12.1 Å². The Balaban J connectivity index is 2.28. The third kappa shape index (κ3) is 2.91. The fourth-order valence-electron chi connectivity index (χ4n) is 3.19. The van der Waals surface area contributed by atoms with Crippen LogP contribution >= 0.6 is 11.6 Å². The minimum atomic E-state index is -0.495. The average molecular weight is 296 g/mol. The minimum absolute atomic E-state index is 0.369. The van der Waals surface area contributed by atoms with Gasteiger partial charge >= 0.3 is 0 Å². The van der Waals surface area contributed by atoms with Gasteiger partial charge in [0.1, 0.15) is 0 Å². The fourth-order valence-corrected chi connectivity index (χ4v) is 3.46. The molecule has 0 heterocycles. The predicted molar refractivity (Wildman–Crippen MR) is 83.2 cm³/mol. The Morgan fingerprint density at radius 2 is 2.20 bits per heavy atom. The van der Waals surface area contributed by atoms with Crippen LogP contribution in [0.1, 0.15) is 36.5 Å². The second-order valence-corrected chi connectivity index (χ2v) is 5.72. The number of nitrogens with two attached hydrogens (primary N) is 2. The van der Waals surface area contributed by atoms with Gasteiger partial charge in [-0.15, -0.1) is 0 Å². The van der Waals surface area contributed by atoms with Crippen LogP contribution in [-0.4, -0.2) is 25.0 Å². The number of nitrogens with zero attached hydrogens (tertiary/aromatic N) is 1. The third-order valence-electron chi connectivity index (χ3n) is 4.21. The zero-order valence-electron chi connectivity index (χ0n) is 11.8. The highest BCUT2D eigenvalue weighted by Gasteiger charge is 2.30. The largest absolute Gasteiger partial charge is 0.368 e. The lowest BCUT2D eigenvalue weighted by Crippen LogP contribution is -2.40. The van der Waals surface area contributed by atoms with E-state index in [1.165, 1.54) is 12.8 Å². The molecule has 1 aliphatic rings. The second kappa shape index (κ2) is 6.46. The summed E-state index contributed by atoms with van der Waals surface area (Å²) in [5, 5.41) is 0.413. The van der Waals surface area contributed by atoms with E-state index < -0.39 is 5.91 Å². The minimum Gasteiger partial charge on any atom is -0.368 e. The maximum Gasteiger partial charge on any atom is 0.250 e. The smallest absolute Gasteiger partial charge is 0.250 e. The summed E-state index contributed by atoms with van der Waals surface area (Å²) in [4.78, 5) is 13.6. The first-order valence-corrected chi connectivity index (χ1v) is 7.52. The lowest BCUT2D eigenvalue weighted by Gasteiger charge is -2.34. The molecule has 110 valence electrons. The average Bonchev–Trinajstić information content (AvgIpc) is 2.87. The molecular weight excluding hydrogens is 274 g/mol. The maximum absolute atomic E-state index is 11.2. The summed E-state index contributed by atoms with van der Waals surface area (Å²) in [6, 6.07) is 5.91. The Kier molecular flexibility index (Phi) is 4.89. The predicted octanol–water partition coefficient (Wildman–Crippen LogP) is 2.39. The van der Waals surface area contributed by atoms with Gasteiger partial charge in [-0.05, 0) is 50.4 Å². The van der Waals surface area contributed by atoms with Gasteiger partial charge in [0.25, 0.3) is 0 Å². The molecule has 0 aliphatic heterocycles. The van der Waals surface area contributed by atoms with Crippen molar-refractivity contribution in [3.8, 4) is 0 Å². The number of carbonyl (C=O) groups is 1. The highest BCUT2D eigenvalue weighted by Crippen LogP contribution is 2.33. The molecule has 2 rings (SSSR count). The summed E-state index contributed by atoms with van der Waals surface area (Å²) < 4.78 is 0. The SMILES string of the molecule is CCN(c1ccc(C(N)=O)c(Cl)c1)C1CCCC1CN. The van der Waals surface area contributed by atoms with Crippen LogP contribution in [0.4, 0.5) is 5.69 Å². The van der Waals surface area contributed by atoms with Crippen molar-refractivity contribution in [2.45, 2.75) is 32.2 Å². The van der Waals surface area contributed by atoms with Crippen molar-refractivity contribution in [2.75, 3.05) is 18.0 Å². The number of amides is 1. The molecule has 5 heteroatoms. The number of rotatable bonds is 5. The molecule has 0 aromatic heterocycles. The molecular formula is C15H22ClN3O. The first-order chi connectivity index (χ1) is 9.58. The Hall–Kier alpha value is -1.26. The summed E-state index contributed by atoms with van der Waals surface area (Å²) in [6.07, 6.45) is 3.56. The van der Waals surface area contributed by atoms with Crippen molar-refractivity contribution in [2.24, 2.45) is 17.4 Å². The zero-order chi connectivity index (χ0) is 14.7. The maximum atomic E-state index is 11.2. The van der Waals surface area contributed by atoms with Gasteiger partial charge in [0.05, 0.1) is 10.6 Å². The van der Waals surface area contributed by atoms with E-state index in [1.54, 1.807) is 6.07 Å². The van der Waals surface area contributed by atoms with Gasteiger partial charge in [-0.2, -0.15) is 0 Å². The number of halogens is 1. The summed E-state index contributed by atoms with van der Waals surface area (Å²) in [7, 11) is 0. The lowest BCUT2D eigenvalue weighted by molar-refractivity contribution is 0.100. The Labute approximate surface area is 125 Å². The highest BCUT2D eigenvalue weighted by atomic mass is 35.5. The summed E-state index contributed by atoms with van der Waals surface area (Å²) >= 11 is 6.15. The van der Waals surface area contributed by atoms with Crippen LogP contribution in [0.2, 0.25) is 5.02 Å². The zero-order valence-corrected chi connectivity index (χ0v) is 12.6. The Morgan fingerprint density at radius 3 is 2.75 bits per heavy atom. The van der Waals surface area contributed by atoms with Crippen LogP contribution in [0.5, 0.6) is 0 Å². The van der Waals surface area contributed by atoms with Crippen LogP contribution in [0.25, 0.3) is 0 Å². The molecule has 1 aliphatic carbocycles. The van der Waals surface area contributed by atoms with E-state index in [0.717, 1.165) is 18.7 Å². The summed E-state index contributed by atoms with van der Waals surface area (Å²) in [5.74, 6) is 0.0369. The quantitative estimate of drug-likeness (QED) is 0.876. The van der Waals surface area contributed by atoms with Crippen LogP contribution in [0, 0.1) is 5.92 Å². The van der Waals surface area contributed by atoms with Crippen molar-refractivity contribution in [3.05, 3.63) is 28.8 Å². The van der Waals surface area contributed by atoms with Gasteiger partial charge in [-0.1, -0.05) is 18.0 Å². The number of hydrogen-bond donors (Lipinski definition) is 2. The Bertz CT molecular complexity index is 492. The molecule has 0 bridgehead atoms. The fraction of sp³-hybridized carbons (Fsp3) is 0.533. The molecule has 20 heavy (non-hydrogen) atoms. The molecule has 0 spiro atoms. The van der Waals surface area contributed by atoms with Crippen LogP contribution < -0.4 is 16.4 Å². The molecule has 1 amide bonds. The van der Waals surface area contributed by atoms with Crippen molar-refractivity contribution >= 4 is 23.2 Å². The van der Waals surface area contributed by atoms with E-state index in [0.29, 0.717) is 29.1 Å².